The number of rotatable bonds is 3. The third kappa shape index (κ3) is 2.79. The standard InChI is InChI=1S/C14H11BrN4O2/c15-11-5-6-13-12(7-11)16-18-19(13)8-9-1-3-10(4-2-9)14(20)17-21/h1-7,21H,8H2,(H,17,20). The van der Waals surface area contributed by atoms with Crippen molar-refractivity contribution in [1.82, 2.24) is 20.5 Å². The minimum Gasteiger partial charge on any atom is -0.288 e. The van der Waals surface area contributed by atoms with Gasteiger partial charge in [-0.05, 0) is 35.9 Å². The normalized spacial score (nSPS) is 10.8. The highest BCUT2D eigenvalue weighted by molar-refractivity contribution is 9.10. The van der Waals surface area contributed by atoms with Crippen LogP contribution in [0.2, 0.25) is 0 Å². The fourth-order valence-electron chi connectivity index (χ4n) is 2.06. The van der Waals surface area contributed by atoms with Gasteiger partial charge in [0, 0.05) is 10.0 Å². The van der Waals surface area contributed by atoms with E-state index in [-0.39, 0.29) is 0 Å². The summed E-state index contributed by atoms with van der Waals surface area (Å²) < 4.78 is 2.75. The number of benzene rings is 2. The molecule has 7 heteroatoms. The second kappa shape index (κ2) is 5.63. The molecule has 0 aliphatic carbocycles. The van der Waals surface area contributed by atoms with Crippen molar-refractivity contribution in [3.63, 3.8) is 0 Å². The lowest BCUT2D eigenvalue weighted by atomic mass is 10.1. The van der Waals surface area contributed by atoms with E-state index in [2.05, 4.69) is 26.2 Å². The Hall–Kier alpha value is -2.25. The van der Waals surface area contributed by atoms with Crippen molar-refractivity contribution >= 4 is 32.9 Å². The van der Waals surface area contributed by atoms with E-state index >= 15 is 0 Å². The van der Waals surface area contributed by atoms with E-state index < -0.39 is 5.91 Å². The van der Waals surface area contributed by atoms with Crippen LogP contribution in [-0.2, 0) is 6.54 Å². The van der Waals surface area contributed by atoms with Crippen LogP contribution < -0.4 is 5.48 Å². The molecule has 0 saturated heterocycles. The predicted molar refractivity (Wildman–Crippen MR) is 80.0 cm³/mol. The van der Waals surface area contributed by atoms with Gasteiger partial charge in [-0.3, -0.25) is 10.0 Å². The molecule has 0 atom stereocenters. The number of amides is 1. The maximum atomic E-state index is 11.3. The van der Waals surface area contributed by atoms with E-state index in [4.69, 9.17) is 5.21 Å². The van der Waals surface area contributed by atoms with Gasteiger partial charge in [0.15, 0.2) is 0 Å². The third-order valence-corrected chi connectivity index (χ3v) is 3.62. The first-order valence-electron chi connectivity index (χ1n) is 6.19. The van der Waals surface area contributed by atoms with Gasteiger partial charge in [-0.2, -0.15) is 0 Å². The van der Waals surface area contributed by atoms with Crippen molar-refractivity contribution in [3.8, 4) is 0 Å². The van der Waals surface area contributed by atoms with Crippen molar-refractivity contribution in [2.75, 3.05) is 0 Å². The lowest BCUT2D eigenvalue weighted by Crippen LogP contribution is -2.18. The van der Waals surface area contributed by atoms with E-state index in [1.807, 2.05) is 30.3 Å². The zero-order valence-electron chi connectivity index (χ0n) is 10.8. The molecule has 6 nitrogen and oxygen atoms in total. The molecule has 0 spiro atoms. The van der Waals surface area contributed by atoms with Gasteiger partial charge in [0.25, 0.3) is 5.91 Å². The van der Waals surface area contributed by atoms with E-state index in [0.717, 1.165) is 21.1 Å². The minimum absolute atomic E-state index is 0.397. The average molecular weight is 347 g/mol. The van der Waals surface area contributed by atoms with Gasteiger partial charge in [0.1, 0.15) is 5.52 Å². The summed E-state index contributed by atoms with van der Waals surface area (Å²) in [5.74, 6) is -0.530. The number of carbonyl (C=O) groups is 1. The summed E-state index contributed by atoms with van der Waals surface area (Å²) in [6, 6.07) is 12.7. The molecule has 0 bridgehead atoms. The van der Waals surface area contributed by atoms with Gasteiger partial charge in [0.2, 0.25) is 0 Å². The summed E-state index contributed by atoms with van der Waals surface area (Å²) in [4.78, 5) is 11.3. The summed E-state index contributed by atoms with van der Waals surface area (Å²) in [5.41, 5.74) is 4.75. The third-order valence-electron chi connectivity index (χ3n) is 3.13. The smallest absolute Gasteiger partial charge is 0.274 e. The Morgan fingerprint density at radius 3 is 2.71 bits per heavy atom. The number of nitrogens with zero attached hydrogens (tertiary/aromatic N) is 3. The van der Waals surface area contributed by atoms with Crippen LogP contribution >= 0.6 is 15.9 Å². The number of carbonyl (C=O) groups excluding carboxylic acids is 1. The van der Waals surface area contributed by atoms with Crippen LogP contribution in [-0.4, -0.2) is 26.1 Å². The first-order valence-corrected chi connectivity index (χ1v) is 6.99. The number of hydrogen-bond acceptors (Lipinski definition) is 4. The maximum Gasteiger partial charge on any atom is 0.274 e. The monoisotopic (exact) mass is 346 g/mol. The molecule has 106 valence electrons. The molecular weight excluding hydrogens is 336 g/mol. The molecule has 1 amide bonds. The first-order chi connectivity index (χ1) is 10.2. The fourth-order valence-corrected chi connectivity index (χ4v) is 2.41. The SMILES string of the molecule is O=C(NO)c1ccc(Cn2nnc3cc(Br)ccc32)cc1. The molecular formula is C14H11BrN4O2. The highest BCUT2D eigenvalue weighted by atomic mass is 79.9. The summed E-state index contributed by atoms with van der Waals surface area (Å²) in [5, 5.41) is 16.8. The molecule has 1 aromatic heterocycles. The van der Waals surface area contributed by atoms with Crippen molar-refractivity contribution < 1.29 is 10.0 Å². The van der Waals surface area contributed by atoms with Crippen LogP contribution in [0.4, 0.5) is 0 Å². The highest BCUT2D eigenvalue weighted by Crippen LogP contribution is 2.18. The van der Waals surface area contributed by atoms with Gasteiger partial charge in [-0.25, -0.2) is 10.2 Å². The summed E-state index contributed by atoms with van der Waals surface area (Å²) in [7, 11) is 0. The Morgan fingerprint density at radius 2 is 2.00 bits per heavy atom. The lowest BCUT2D eigenvalue weighted by Gasteiger charge is -2.04. The van der Waals surface area contributed by atoms with Crippen molar-refractivity contribution in [2.24, 2.45) is 0 Å². The lowest BCUT2D eigenvalue weighted by molar-refractivity contribution is 0.0706. The van der Waals surface area contributed by atoms with Crippen LogP contribution in [0, 0.1) is 0 Å². The first kappa shape index (κ1) is 13.7. The minimum atomic E-state index is -0.530. The Bertz CT molecular complexity index is 798. The molecule has 0 radical (unpaired) electrons. The number of hydroxylamine groups is 1. The topological polar surface area (TPSA) is 80.0 Å². The number of nitrogens with one attached hydrogen (secondary N) is 1. The molecule has 0 fully saturated rings. The second-order valence-electron chi connectivity index (χ2n) is 4.52. The number of halogens is 1. The number of fused-ring (bicyclic) bond motifs is 1. The quantitative estimate of drug-likeness (QED) is 0.563. The molecule has 1 heterocycles. The molecule has 3 aromatic rings. The zero-order chi connectivity index (χ0) is 14.8. The Kier molecular flexibility index (Phi) is 3.68. The van der Waals surface area contributed by atoms with Crippen LogP contribution in [0.25, 0.3) is 11.0 Å². The summed E-state index contributed by atoms with van der Waals surface area (Å²) in [6.45, 7) is 0.555. The fraction of sp³-hybridized carbons (Fsp3) is 0.0714. The van der Waals surface area contributed by atoms with Crippen molar-refractivity contribution in [3.05, 3.63) is 58.1 Å². The average Bonchev–Trinajstić information content (AvgIpc) is 2.89. The molecule has 0 aliphatic heterocycles. The largest absolute Gasteiger partial charge is 0.288 e. The zero-order valence-corrected chi connectivity index (χ0v) is 12.4. The van der Waals surface area contributed by atoms with E-state index in [0.29, 0.717) is 12.1 Å². The maximum absolute atomic E-state index is 11.3. The van der Waals surface area contributed by atoms with E-state index in [1.165, 1.54) is 0 Å². The molecule has 3 rings (SSSR count). The summed E-state index contributed by atoms with van der Waals surface area (Å²) >= 11 is 3.40. The molecule has 2 N–H and O–H groups in total. The summed E-state index contributed by atoms with van der Waals surface area (Å²) in [6.07, 6.45) is 0. The Balaban J connectivity index is 1.86. The van der Waals surface area contributed by atoms with Crippen molar-refractivity contribution in [1.29, 1.82) is 0 Å². The van der Waals surface area contributed by atoms with Crippen LogP contribution in [0.15, 0.2) is 46.9 Å². The Morgan fingerprint density at radius 1 is 1.24 bits per heavy atom. The molecule has 2 aromatic carbocycles. The van der Waals surface area contributed by atoms with Crippen molar-refractivity contribution in [2.45, 2.75) is 6.54 Å². The number of aromatic nitrogens is 3. The highest BCUT2D eigenvalue weighted by Gasteiger charge is 2.07. The Labute approximate surface area is 128 Å². The van der Waals surface area contributed by atoms with E-state index in [9.17, 15) is 4.79 Å². The van der Waals surface area contributed by atoms with Gasteiger partial charge >= 0.3 is 0 Å². The van der Waals surface area contributed by atoms with Gasteiger partial charge in [0.05, 0.1) is 12.1 Å². The van der Waals surface area contributed by atoms with Gasteiger partial charge in [-0.15, -0.1) is 5.10 Å². The molecule has 0 unspecified atom stereocenters. The van der Waals surface area contributed by atoms with Crippen LogP contribution in [0.3, 0.4) is 0 Å². The number of hydrogen-bond donors (Lipinski definition) is 2. The van der Waals surface area contributed by atoms with Crippen LogP contribution in [0.5, 0.6) is 0 Å². The van der Waals surface area contributed by atoms with E-state index in [1.54, 1.807) is 22.3 Å². The molecule has 21 heavy (non-hydrogen) atoms. The second-order valence-corrected chi connectivity index (χ2v) is 5.43. The van der Waals surface area contributed by atoms with Gasteiger partial charge in [-0.1, -0.05) is 33.3 Å². The van der Waals surface area contributed by atoms with Crippen LogP contribution in [0.1, 0.15) is 15.9 Å². The molecule has 0 saturated carbocycles. The molecule has 0 aliphatic rings. The van der Waals surface area contributed by atoms with Gasteiger partial charge < -0.3 is 0 Å². The predicted octanol–water partition coefficient (Wildman–Crippen LogP) is 2.36.